The van der Waals surface area contributed by atoms with Gasteiger partial charge in [0.2, 0.25) is 0 Å². The molecule has 5 nitrogen and oxygen atoms in total. The highest BCUT2D eigenvalue weighted by molar-refractivity contribution is 6.05. The molecule has 25 heavy (non-hydrogen) atoms. The first-order valence-corrected chi connectivity index (χ1v) is 8.66. The molecule has 1 amide bonds. The summed E-state index contributed by atoms with van der Waals surface area (Å²) in [5.41, 5.74) is 2.32. The van der Waals surface area contributed by atoms with E-state index in [1.54, 1.807) is 0 Å². The average Bonchev–Trinajstić information content (AvgIpc) is 3.20. The van der Waals surface area contributed by atoms with Crippen LogP contribution in [0.4, 0.5) is 11.4 Å². The molecule has 0 saturated heterocycles. The van der Waals surface area contributed by atoms with Gasteiger partial charge in [-0.15, -0.1) is 0 Å². The summed E-state index contributed by atoms with van der Waals surface area (Å²) in [6.07, 6.45) is 4.08. The van der Waals surface area contributed by atoms with Crippen LogP contribution in [0.25, 0.3) is 0 Å². The topological polar surface area (TPSA) is 50.8 Å². The molecule has 130 valence electrons. The van der Waals surface area contributed by atoms with Gasteiger partial charge in [0.05, 0.1) is 0 Å². The third-order valence-electron chi connectivity index (χ3n) is 4.78. The van der Waals surface area contributed by atoms with Gasteiger partial charge in [-0.25, -0.2) is 0 Å². The van der Waals surface area contributed by atoms with Crippen molar-refractivity contribution in [1.82, 2.24) is 0 Å². The number of rotatable bonds is 3. The van der Waals surface area contributed by atoms with E-state index < -0.39 is 5.79 Å². The lowest BCUT2D eigenvalue weighted by Crippen LogP contribution is -2.34. The average molecular weight is 338 g/mol. The molecule has 1 saturated carbocycles. The molecule has 4 rings (SSSR count). The second kappa shape index (κ2) is 5.99. The van der Waals surface area contributed by atoms with E-state index in [0.29, 0.717) is 17.0 Å². The number of hydrogen-bond donors (Lipinski definition) is 1. The van der Waals surface area contributed by atoms with E-state index in [2.05, 4.69) is 5.32 Å². The molecule has 0 radical (unpaired) electrons. The zero-order chi connectivity index (χ0) is 17.4. The third kappa shape index (κ3) is 3.02. The summed E-state index contributed by atoms with van der Waals surface area (Å²) in [4.78, 5) is 14.5. The SMILES string of the molecule is CN(C)c1cccc(C(=O)Nc2ccc3c(c2)OC2(CCCC2)O3)c1. The van der Waals surface area contributed by atoms with Crippen LogP contribution in [-0.2, 0) is 0 Å². The molecule has 1 N–H and O–H groups in total. The molecule has 0 unspecified atom stereocenters. The third-order valence-corrected chi connectivity index (χ3v) is 4.78. The van der Waals surface area contributed by atoms with Crippen molar-refractivity contribution in [3.8, 4) is 11.5 Å². The normalized spacial score (nSPS) is 16.9. The molecular formula is C20H22N2O3. The second-order valence-electron chi connectivity index (χ2n) is 6.88. The summed E-state index contributed by atoms with van der Waals surface area (Å²) < 4.78 is 12.1. The van der Waals surface area contributed by atoms with E-state index in [4.69, 9.17) is 9.47 Å². The van der Waals surface area contributed by atoms with E-state index >= 15 is 0 Å². The van der Waals surface area contributed by atoms with Gasteiger partial charge in [0.25, 0.3) is 11.7 Å². The van der Waals surface area contributed by atoms with Crippen LogP contribution < -0.4 is 19.7 Å². The molecular weight excluding hydrogens is 316 g/mol. The lowest BCUT2D eigenvalue weighted by molar-refractivity contribution is -0.0716. The van der Waals surface area contributed by atoms with Crippen molar-refractivity contribution in [1.29, 1.82) is 0 Å². The largest absolute Gasteiger partial charge is 0.448 e. The van der Waals surface area contributed by atoms with Gasteiger partial charge >= 0.3 is 0 Å². The fraction of sp³-hybridized carbons (Fsp3) is 0.350. The van der Waals surface area contributed by atoms with E-state index in [9.17, 15) is 4.79 Å². The van der Waals surface area contributed by atoms with Gasteiger partial charge < -0.3 is 19.7 Å². The molecule has 5 heteroatoms. The van der Waals surface area contributed by atoms with Crippen LogP contribution in [0.3, 0.4) is 0 Å². The van der Waals surface area contributed by atoms with Crippen molar-refractivity contribution >= 4 is 17.3 Å². The van der Waals surface area contributed by atoms with Crippen LogP contribution >= 0.6 is 0 Å². The van der Waals surface area contributed by atoms with Crippen LogP contribution in [-0.4, -0.2) is 25.8 Å². The molecule has 0 aromatic heterocycles. The van der Waals surface area contributed by atoms with Crippen molar-refractivity contribution in [2.75, 3.05) is 24.3 Å². The van der Waals surface area contributed by atoms with E-state index in [1.807, 2.05) is 61.5 Å². The predicted molar refractivity (Wildman–Crippen MR) is 97.6 cm³/mol. The Labute approximate surface area is 147 Å². The first-order chi connectivity index (χ1) is 12.0. The summed E-state index contributed by atoms with van der Waals surface area (Å²) in [5, 5.41) is 2.94. The van der Waals surface area contributed by atoms with Gasteiger partial charge in [0.15, 0.2) is 11.5 Å². The van der Waals surface area contributed by atoms with E-state index in [-0.39, 0.29) is 5.91 Å². The van der Waals surface area contributed by atoms with Gasteiger partial charge in [-0.05, 0) is 43.2 Å². The molecule has 2 aromatic rings. The van der Waals surface area contributed by atoms with Crippen molar-refractivity contribution < 1.29 is 14.3 Å². The highest BCUT2D eigenvalue weighted by atomic mass is 16.7. The fourth-order valence-corrected chi connectivity index (χ4v) is 3.42. The first-order valence-electron chi connectivity index (χ1n) is 8.66. The number of nitrogens with zero attached hydrogens (tertiary/aromatic N) is 1. The molecule has 1 aliphatic carbocycles. The Bertz CT molecular complexity index is 810. The number of hydrogen-bond acceptors (Lipinski definition) is 4. The maximum Gasteiger partial charge on any atom is 0.255 e. The van der Waals surface area contributed by atoms with Crippen LogP contribution in [0.15, 0.2) is 42.5 Å². The Balaban J connectivity index is 1.51. The van der Waals surface area contributed by atoms with Gasteiger partial charge in [0, 0.05) is 49.9 Å². The summed E-state index contributed by atoms with van der Waals surface area (Å²) in [7, 11) is 3.90. The molecule has 1 fully saturated rings. The summed E-state index contributed by atoms with van der Waals surface area (Å²) in [6, 6.07) is 13.1. The highest BCUT2D eigenvalue weighted by Gasteiger charge is 2.44. The zero-order valence-electron chi connectivity index (χ0n) is 14.5. The first kappa shape index (κ1) is 15.8. The van der Waals surface area contributed by atoms with Crippen molar-refractivity contribution in [2.24, 2.45) is 0 Å². The predicted octanol–water partition coefficient (Wildman–Crippen LogP) is 4.05. The van der Waals surface area contributed by atoms with Gasteiger partial charge in [-0.1, -0.05) is 6.07 Å². The van der Waals surface area contributed by atoms with Crippen LogP contribution in [0.2, 0.25) is 0 Å². The minimum absolute atomic E-state index is 0.141. The number of carbonyl (C=O) groups excluding carboxylic acids is 1. The van der Waals surface area contributed by atoms with E-state index in [1.165, 1.54) is 0 Å². The summed E-state index contributed by atoms with van der Waals surface area (Å²) >= 11 is 0. The lowest BCUT2D eigenvalue weighted by Gasteiger charge is -2.21. The molecule has 0 atom stereocenters. The standard InChI is InChI=1S/C20H22N2O3/c1-22(2)16-7-5-6-14(12-16)19(23)21-15-8-9-17-18(13-15)25-20(24-17)10-3-4-11-20/h5-9,12-13H,3-4,10-11H2,1-2H3,(H,21,23). The van der Waals surface area contributed by atoms with Crippen LogP contribution in [0.1, 0.15) is 36.0 Å². The van der Waals surface area contributed by atoms with Crippen molar-refractivity contribution in [3.05, 3.63) is 48.0 Å². The quantitative estimate of drug-likeness (QED) is 0.917. The number of anilines is 2. The number of carbonyl (C=O) groups is 1. The van der Waals surface area contributed by atoms with E-state index in [0.717, 1.165) is 37.1 Å². The summed E-state index contributed by atoms with van der Waals surface area (Å²) in [5.74, 6) is 0.847. The Kier molecular flexibility index (Phi) is 3.79. The fourth-order valence-electron chi connectivity index (χ4n) is 3.42. The number of amides is 1. The minimum Gasteiger partial charge on any atom is -0.448 e. The number of ether oxygens (including phenoxy) is 2. The Morgan fingerprint density at radius 3 is 2.56 bits per heavy atom. The number of nitrogens with one attached hydrogen (secondary N) is 1. The zero-order valence-corrected chi connectivity index (χ0v) is 14.5. The molecule has 1 heterocycles. The Hall–Kier alpha value is -2.69. The van der Waals surface area contributed by atoms with Crippen LogP contribution in [0.5, 0.6) is 11.5 Å². The monoisotopic (exact) mass is 338 g/mol. The Morgan fingerprint density at radius 1 is 1.04 bits per heavy atom. The lowest BCUT2D eigenvalue weighted by atomic mass is 10.1. The molecule has 2 aliphatic rings. The maximum absolute atomic E-state index is 12.5. The molecule has 1 spiro atoms. The van der Waals surface area contributed by atoms with Gasteiger partial charge in [-0.2, -0.15) is 0 Å². The van der Waals surface area contributed by atoms with Crippen LogP contribution in [0, 0.1) is 0 Å². The minimum atomic E-state index is -0.481. The highest BCUT2D eigenvalue weighted by Crippen LogP contribution is 2.47. The maximum atomic E-state index is 12.5. The number of benzene rings is 2. The number of fused-ring (bicyclic) bond motifs is 1. The smallest absolute Gasteiger partial charge is 0.255 e. The van der Waals surface area contributed by atoms with Gasteiger partial charge in [-0.3, -0.25) is 4.79 Å². The van der Waals surface area contributed by atoms with Crippen molar-refractivity contribution in [2.45, 2.75) is 31.5 Å². The molecule has 2 aromatic carbocycles. The summed E-state index contributed by atoms with van der Waals surface area (Å²) in [6.45, 7) is 0. The Morgan fingerprint density at radius 2 is 1.80 bits per heavy atom. The van der Waals surface area contributed by atoms with Crippen molar-refractivity contribution in [3.63, 3.8) is 0 Å². The second-order valence-corrected chi connectivity index (χ2v) is 6.88. The van der Waals surface area contributed by atoms with Gasteiger partial charge in [0.1, 0.15) is 0 Å². The molecule has 1 aliphatic heterocycles. The molecule has 0 bridgehead atoms.